The Morgan fingerprint density at radius 2 is 1.83 bits per heavy atom. The molecule has 0 aliphatic carbocycles. The fourth-order valence-electron chi connectivity index (χ4n) is 2.66. The maximum atomic E-state index is 13.3. The second-order valence-corrected chi connectivity index (χ2v) is 6.33. The number of rotatable bonds is 5. The number of hydrogen-bond acceptors (Lipinski definition) is 4. The number of hydrogen-bond donors (Lipinski definition) is 1. The van der Waals surface area contributed by atoms with Crippen LogP contribution < -0.4 is 10.2 Å². The summed E-state index contributed by atoms with van der Waals surface area (Å²) in [4.78, 5) is 24.6. The summed E-state index contributed by atoms with van der Waals surface area (Å²) in [5, 5.41) is 3.17. The zero-order valence-electron chi connectivity index (χ0n) is 15.6. The van der Waals surface area contributed by atoms with Crippen LogP contribution in [0.25, 0.3) is 0 Å². The zero-order valence-corrected chi connectivity index (χ0v) is 16.3. The van der Waals surface area contributed by atoms with Gasteiger partial charge in [0, 0.05) is 25.1 Å². The van der Waals surface area contributed by atoms with Crippen molar-refractivity contribution in [2.75, 3.05) is 17.3 Å². The van der Waals surface area contributed by atoms with E-state index in [2.05, 4.69) is 20.3 Å². The molecule has 1 aromatic carbocycles. The maximum Gasteiger partial charge on any atom is 0.433 e. The van der Waals surface area contributed by atoms with E-state index in [4.69, 9.17) is 11.6 Å². The highest BCUT2D eigenvalue weighted by atomic mass is 35.5. The number of anilines is 3. The van der Waals surface area contributed by atoms with Gasteiger partial charge in [-0.25, -0.2) is 4.98 Å². The molecule has 0 unspecified atom stereocenters. The Morgan fingerprint density at radius 1 is 1.13 bits per heavy atom. The van der Waals surface area contributed by atoms with Gasteiger partial charge in [-0.1, -0.05) is 23.7 Å². The Hall–Kier alpha value is -3.46. The molecule has 0 aliphatic heterocycles. The van der Waals surface area contributed by atoms with Crippen LogP contribution in [0.4, 0.5) is 30.4 Å². The first-order valence-corrected chi connectivity index (χ1v) is 8.94. The number of aliphatic imine (C=N–C) groups is 1. The van der Waals surface area contributed by atoms with Gasteiger partial charge in [0.1, 0.15) is 11.5 Å². The molecule has 0 saturated carbocycles. The lowest BCUT2D eigenvalue weighted by Crippen LogP contribution is -2.24. The molecule has 2 aromatic heterocycles. The summed E-state index contributed by atoms with van der Waals surface area (Å²) in [6, 6.07) is 11.6. The summed E-state index contributed by atoms with van der Waals surface area (Å²) in [6.45, 7) is 0. The highest BCUT2D eigenvalue weighted by Gasteiger charge is 2.34. The molecule has 0 bridgehead atoms. The predicted octanol–water partition coefficient (Wildman–Crippen LogP) is 4.93. The number of nitrogens with one attached hydrogen (secondary N) is 1. The van der Waals surface area contributed by atoms with Gasteiger partial charge in [-0.15, -0.1) is 0 Å². The molecule has 0 atom stereocenters. The number of benzene rings is 1. The maximum absolute atomic E-state index is 13.3. The molecule has 30 heavy (non-hydrogen) atoms. The van der Waals surface area contributed by atoms with Crippen molar-refractivity contribution in [1.29, 1.82) is 0 Å². The lowest BCUT2D eigenvalue weighted by molar-refractivity contribution is -0.141. The van der Waals surface area contributed by atoms with E-state index >= 15 is 0 Å². The van der Waals surface area contributed by atoms with E-state index in [0.29, 0.717) is 12.1 Å². The van der Waals surface area contributed by atoms with E-state index in [0.717, 1.165) is 11.0 Å². The number of carbonyl (C=O) groups excluding carboxylic acids is 1. The van der Waals surface area contributed by atoms with E-state index < -0.39 is 11.9 Å². The van der Waals surface area contributed by atoms with Crippen LogP contribution in [0.5, 0.6) is 0 Å². The first kappa shape index (κ1) is 21.3. The molecular weight excluding hydrogens is 419 g/mol. The standard InChI is InChI=1S/C20H15ClF3N5O/c1-25-18(27-13-8-10-26-11-9-13)14-6-7-17(20(22,23)24)28-19(14)29(12-30)16-5-3-2-4-15(16)21/h2-12H,1H3,(H,25,26,27). The number of carbonyl (C=O) groups is 1. The molecule has 3 aromatic rings. The average molecular weight is 434 g/mol. The van der Waals surface area contributed by atoms with Crippen LogP contribution in [0.2, 0.25) is 5.02 Å². The van der Waals surface area contributed by atoms with E-state index in [1.165, 1.54) is 25.2 Å². The van der Waals surface area contributed by atoms with Gasteiger partial charge in [-0.2, -0.15) is 13.2 Å². The van der Waals surface area contributed by atoms with E-state index in [1.807, 2.05) is 0 Å². The fourth-order valence-corrected chi connectivity index (χ4v) is 2.89. The van der Waals surface area contributed by atoms with Gasteiger partial charge in [0.05, 0.1) is 16.3 Å². The minimum absolute atomic E-state index is 0.173. The lowest BCUT2D eigenvalue weighted by Gasteiger charge is -2.23. The van der Waals surface area contributed by atoms with Crippen molar-refractivity contribution in [2.45, 2.75) is 6.18 Å². The van der Waals surface area contributed by atoms with Gasteiger partial charge < -0.3 is 5.32 Å². The van der Waals surface area contributed by atoms with Crippen LogP contribution in [0.3, 0.4) is 0 Å². The number of pyridine rings is 2. The molecule has 0 aliphatic rings. The van der Waals surface area contributed by atoms with Crippen molar-refractivity contribution in [3.05, 3.63) is 77.2 Å². The molecule has 0 spiro atoms. The van der Waals surface area contributed by atoms with Gasteiger partial charge in [0.25, 0.3) is 0 Å². The Balaban J connectivity index is 2.17. The molecule has 0 fully saturated rings. The molecule has 10 heteroatoms. The quantitative estimate of drug-likeness (QED) is 0.352. The van der Waals surface area contributed by atoms with Crippen molar-refractivity contribution < 1.29 is 18.0 Å². The van der Waals surface area contributed by atoms with Crippen molar-refractivity contribution in [1.82, 2.24) is 9.97 Å². The normalized spacial score (nSPS) is 11.8. The van der Waals surface area contributed by atoms with Crippen molar-refractivity contribution in [2.24, 2.45) is 4.99 Å². The number of amidine groups is 1. The van der Waals surface area contributed by atoms with E-state index in [1.54, 1.807) is 36.7 Å². The van der Waals surface area contributed by atoms with Crippen molar-refractivity contribution in [3.8, 4) is 0 Å². The Kier molecular flexibility index (Phi) is 6.31. The number of aromatic nitrogens is 2. The third-order valence-corrected chi connectivity index (χ3v) is 4.35. The Bertz CT molecular complexity index is 1070. The molecule has 154 valence electrons. The highest BCUT2D eigenvalue weighted by molar-refractivity contribution is 6.34. The van der Waals surface area contributed by atoms with Gasteiger partial charge in [0.2, 0.25) is 6.41 Å². The van der Waals surface area contributed by atoms with Crippen molar-refractivity contribution >= 4 is 41.0 Å². The van der Waals surface area contributed by atoms with Gasteiger partial charge >= 0.3 is 6.18 Å². The molecule has 2 heterocycles. The predicted molar refractivity (Wildman–Crippen MR) is 109 cm³/mol. The molecule has 1 amide bonds. The Labute approximate surface area is 175 Å². The molecule has 3 rings (SSSR count). The lowest BCUT2D eigenvalue weighted by atomic mass is 10.1. The third-order valence-electron chi connectivity index (χ3n) is 4.03. The molecule has 0 radical (unpaired) electrons. The zero-order chi connectivity index (χ0) is 21.7. The van der Waals surface area contributed by atoms with Crippen LogP contribution in [-0.2, 0) is 11.0 Å². The van der Waals surface area contributed by atoms with Gasteiger partial charge in [0.15, 0.2) is 5.82 Å². The summed E-state index contributed by atoms with van der Waals surface area (Å²) in [6.07, 6.45) is -1.26. The number of halogens is 4. The smallest absolute Gasteiger partial charge is 0.340 e. The SMILES string of the molecule is C/N=C(/Nc1ccncc1)c1ccc(C(F)(F)F)nc1N(C=O)c1ccccc1Cl. The monoisotopic (exact) mass is 433 g/mol. The second-order valence-electron chi connectivity index (χ2n) is 5.93. The molecule has 6 nitrogen and oxygen atoms in total. The average Bonchev–Trinajstić information content (AvgIpc) is 2.74. The minimum Gasteiger partial charge on any atom is -0.340 e. The highest BCUT2D eigenvalue weighted by Crippen LogP contribution is 2.35. The van der Waals surface area contributed by atoms with Crippen LogP contribution in [0.15, 0.2) is 65.9 Å². The minimum atomic E-state index is -4.70. The van der Waals surface area contributed by atoms with Crippen LogP contribution in [0, 0.1) is 0 Å². The van der Waals surface area contributed by atoms with Crippen LogP contribution >= 0.6 is 11.6 Å². The van der Waals surface area contributed by atoms with Crippen LogP contribution in [-0.4, -0.2) is 29.3 Å². The number of amides is 1. The molecular formula is C20H15ClF3N5O. The van der Waals surface area contributed by atoms with Crippen LogP contribution in [0.1, 0.15) is 11.3 Å². The Morgan fingerprint density at radius 3 is 2.43 bits per heavy atom. The number of nitrogens with zero attached hydrogens (tertiary/aromatic N) is 4. The fraction of sp³-hybridized carbons (Fsp3) is 0.100. The third kappa shape index (κ3) is 4.57. The summed E-state index contributed by atoms with van der Waals surface area (Å²) in [5.74, 6) is -0.0635. The topological polar surface area (TPSA) is 70.5 Å². The first-order chi connectivity index (χ1) is 14.3. The van der Waals surface area contributed by atoms with E-state index in [-0.39, 0.29) is 27.9 Å². The van der Waals surface area contributed by atoms with Crippen molar-refractivity contribution in [3.63, 3.8) is 0 Å². The second kappa shape index (κ2) is 8.91. The van der Waals surface area contributed by atoms with Gasteiger partial charge in [-0.3, -0.25) is 19.7 Å². The molecule has 1 N–H and O–H groups in total. The first-order valence-electron chi connectivity index (χ1n) is 8.56. The summed E-state index contributed by atoms with van der Waals surface area (Å²) < 4.78 is 40.0. The summed E-state index contributed by atoms with van der Waals surface area (Å²) in [7, 11) is 1.46. The number of para-hydroxylation sites is 1. The molecule has 0 saturated heterocycles. The number of alkyl halides is 3. The van der Waals surface area contributed by atoms with E-state index in [9.17, 15) is 18.0 Å². The summed E-state index contributed by atoms with van der Waals surface area (Å²) >= 11 is 6.17. The largest absolute Gasteiger partial charge is 0.433 e. The summed E-state index contributed by atoms with van der Waals surface area (Å²) in [5.41, 5.74) is -0.192. The van der Waals surface area contributed by atoms with Gasteiger partial charge in [-0.05, 0) is 36.4 Å².